The molecule has 9 nitrogen and oxygen atoms in total. The van der Waals surface area contributed by atoms with Gasteiger partial charge < -0.3 is 14.8 Å². The molecule has 4 rings (SSSR count). The zero-order chi connectivity index (χ0) is 26.5. The molecule has 1 heterocycles. The summed E-state index contributed by atoms with van der Waals surface area (Å²) in [5.41, 5.74) is 0.947. The second-order valence-electron chi connectivity index (χ2n) is 7.68. The van der Waals surface area contributed by atoms with E-state index in [1.54, 1.807) is 73.8 Å². The van der Waals surface area contributed by atoms with Crippen molar-refractivity contribution in [2.75, 3.05) is 23.9 Å². The van der Waals surface area contributed by atoms with Crippen LogP contribution in [0.25, 0.3) is 6.08 Å². The smallest absolute Gasteiger partial charge is 0.335 e. The number of urea groups is 1. The molecule has 1 aliphatic heterocycles. The Labute approximate surface area is 228 Å². The number of halogens is 2. The largest absolute Gasteiger partial charge is 0.497 e. The van der Waals surface area contributed by atoms with E-state index in [1.165, 1.54) is 6.08 Å². The molecule has 1 aliphatic rings. The van der Waals surface area contributed by atoms with Crippen LogP contribution < -0.4 is 25.0 Å². The highest BCUT2D eigenvalue weighted by atomic mass is 79.9. The number of carbonyl (C=O) groups is 4. The van der Waals surface area contributed by atoms with E-state index in [1.807, 2.05) is 0 Å². The number of benzene rings is 3. The van der Waals surface area contributed by atoms with Crippen molar-refractivity contribution in [1.29, 1.82) is 0 Å². The second kappa shape index (κ2) is 11.4. The third kappa shape index (κ3) is 6.25. The third-order valence-electron chi connectivity index (χ3n) is 5.19. The van der Waals surface area contributed by atoms with Crippen LogP contribution in [0.4, 0.5) is 16.2 Å². The first-order valence-electron chi connectivity index (χ1n) is 10.8. The van der Waals surface area contributed by atoms with Crippen molar-refractivity contribution in [1.82, 2.24) is 5.32 Å². The van der Waals surface area contributed by atoms with Crippen molar-refractivity contribution in [3.63, 3.8) is 0 Å². The Balaban J connectivity index is 1.55. The molecule has 0 atom stereocenters. The average Bonchev–Trinajstić information content (AvgIpc) is 2.87. The number of hydrogen-bond donors (Lipinski definition) is 2. The first-order valence-corrected chi connectivity index (χ1v) is 12.4. The van der Waals surface area contributed by atoms with Crippen LogP contribution in [0.3, 0.4) is 0 Å². The maximum Gasteiger partial charge on any atom is 0.335 e. The highest BCUT2D eigenvalue weighted by Gasteiger charge is 2.37. The summed E-state index contributed by atoms with van der Waals surface area (Å²) in [5.74, 6) is -1.13. The number of rotatable bonds is 7. The third-order valence-corrected chi connectivity index (χ3v) is 6.21. The van der Waals surface area contributed by atoms with Crippen molar-refractivity contribution in [2.45, 2.75) is 0 Å². The molecule has 3 aromatic carbocycles. The van der Waals surface area contributed by atoms with E-state index in [4.69, 9.17) is 9.47 Å². The number of nitrogens with zero attached hydrogens (tertiary/aromatic N) is 1. The fourth-order valence-corrected chi connectivity index (χ4v) is 4.06. The Kier molecular flexibility index (Phi) is 8.04. The Morgan fingerprint density at radius 3 is 2.32 bits per heavy atom. The second-order valence-corrected chi connectivity index (χ2v) is 9.51. The Bertz CT molecular complexity index is 1400. The van der Waals surface area contributed by atoms with E-state index in [0.29, 0.717) is 27.2 Å². The number of methoxy groups -OCH3 is 1. The number of imide groups is 2. The fourth-order valence-electron chi connectivity index (χ4n) is 3.42. The van der Waals surface area contributed by atoms with E-state index >= 15 is 0 Å². The monoisotopic (exact) mass is 627 g/mol. The highest BCUT2D eigenvalue weighted by molar-refractivity contribution is 9.10. The van der Waals surface area contributed by atoms with Gasteiger partial charge in [-0.3, -0.25) is 19.7 Å². The molecule has 1 fully saturated rings. The predicted octanol–water partition coefficient (Wildman–Crippen LogP) is 4.90. The summed E-state index contributed by atoms with van der Waals surface area (Å²) in [6.45, 7) is -0.326. The molecular weight excluding hydrogens is 610 g/mol. The summed E-state index contributed by atoms with van der Waals surface area (Å²) in [6, 6.07) is 17.4. The van der Waals surface area contributed by atoms with Crippen LogP contribution in [0.2, 0.25) is 0 Å². The van der Waals surface area contributed by atoms with Gasteiger partial charge in [-0.05, 0) is 72.8 Å². The average molecular weight is 629 g/mol. The maximum atomic E-state index is 13.2. The molecule has 1 saturated heterocycles. The normalized spacial score (nSPS) is 14.4. The van der Waals surface area contributed by atoms with E-state index < -0.39 is 23.8 Å². The molecular formula is C26H19Br2N3O6. The van der Waals surface area contributed by atoms with Crippen molar-refractivity contribution in [3.05, 3.63) is 86.8 Å². The van der Waals surface area contributed by atoms with E-state index in [0.717, 1.165) is 9.37 Å². The molecule has 0 saturated carbocycles. The predicted molar refractivity (Wildman–Crippen MR) is 144 cm³/mol. The minimum atomic E-state index is -0.851. The lowest BCUT2D eigenvalue weighted by atomic mass is 10.1. The molecule has 0 spiro atoms. The van der Waals surface area contributed by atoms with Gasteiger partial charge in [-0.2, -0.15) is 0 Å². The van der Waals surface area contributed by atoms with E-state index in [2.05, 4.69) is 42.5 Å². The van der Waals surface area contributed by atoms with Crippen LogP contribution in [0.5, 0.6) is 11.5 Å². The highest BCUT2D eigenvalue weighted by Crippen LogP contribution is 2.28. The molecule has 188 valence electrons. The molecule has 3 aromatic rings. The van der Waals surface area contributed by atoms with Crippen LogP contribution in [0.1, 0.15) is 5.56 Å². The molecule has 0 unspecified atom stereocenters. The van der Waals surface area contributed by atoms with Crippen molar-refractivity contribution < 1.29 is 28.7 Å². The quantitative estimate of drug-likeness (QED) is 0.284. The lowest BCUT2D eigenvalue weighted by Gasteiger charge is -2.26. The minimum Gasteiger partial charge on any atom is -0.497 e. The summed E-state index contributed by atoms with van der Waals surface area (Å²) >= 11 is 6.67. The molecule has 5 amide bonds. The fraction of sp³-hybridized carbons (Fsp3) is 0.0769. The topological polar surface area (TPSA) is 114 Å². The molecule has 0 aliphatic carbocycles. The van der Waals surface area contributed by atoms with Gasteiger partial charge in [-0.1, -0.05) is 31.9 Å². The number of hydrogen-bond acceptors (Lipinski definition) is 6. The molecule has 37 heavy (non-hydrogen) atoms. The van der Waals surface area contributed by atoms with Crippen molar-refractivity contribution >= 4 is 73.1 Å². The van der Waals surface area contributed by atoms with Crippen LogP contribution in [-0.2, 0) is 14.4 Å². The van der Waals surface area contributed by atoms with Crippen LogP contribution in [0.15, 0.2) is 81.2 Å². The lowest BCUT2D eigenvalue weighted by molar-refractivity contribution is -0.122. The van der Waals surface area contributed by atoms with Crippen LogP contribution in [-0.4, -0.2) is 37.5 Å². The Hall–Kier alpha value is -3.96. The van der Waals surface area contributed by atoms with Gasteiger partial charge in [0.15, 0.2) is 6.61 Å². The molecule has 0 aromatic heterocycles. The Morgan fingerprint density at radius 2 is 1.65 bits per heavy atom. The number of anilines is 2. The SMILES string of the molecule is COc1ccc(NC(=O)COc2ccc(Br)cc2/C=C2\C(=O)NC(=O)N(c3ccc(Br)cc3)C2=O)cc1. The standard InChI is InChI=1S/C26H19Br2N3O6/c1-36-20-9-5-18(6-10-20)29-23(32)14-37-22-11-4-17(28)12-15(22)13-21-24(33)30-26(35)31(25(21)34)19-7-2-16(27)3-8-19/h2-13H,14H2,1H3,(H,29,32)(H,30,33,35)/b21-13+. The summed E-state index contributed by atoms with van der Waals surface area (Å²) in [4.78, 5) is 51.5. The van der Waals surface area contributed by atoms with E-state index in [9.17, 15) is 19.2 Å². The van der Waals surface area contributed by atoms with Gasteiger partial charge in [0.25, 0.3) is 17.7 Å². The number of nitrogens with one attached hydrogen (secondary N) is 2. The van der Waals surface area contributed by atoms with Gasteiger partial charge >= 0.3 is 6.03 Å². The number of amides is 5. The summed E-state index contributed by atoms with van der Waals surface area (Å²) < 4.78 is 12.2. The number of carbonyl (C=O) groups excluding carboxylic acids is 4. The molecule has 0 bridgehead atoms. The molecule has 11 heteroatoms. The number of barbiturate groups is 1. The summed E-state index contributed by atoms with van der Waals surface area (Å²) in [6.07, 6.45) is 1.32. The minimum absolute atomic E-state index is 0.258. The first-order chi connectivity index (χ1) is 17.7. The number of ether oxygens (including phenoxy) is 2. The first kappa shape index (κ1) is 26.1. The van der Waals surface area contributed by atoms with Gasteiger partial charge in [0.05, 0.1) is 12.8 Å². The van der Waals surface area contributed by atoms with Crippen molar-refractivity contribution in [2.24, 2.45) is 0 Å². The van der Waals surface area contributed by atoms with Crippen molar-refractivity contribution in [3.8, 4) is 11.5 Å². The summed E-state index contributed by atoms with van der Waals surface area (Å²) in [5, 5.41) is 4.90. The van der Waals surface area contributed by atoms with E-state index in [-0.39, 0.29) is 17.9 Å². The molecule has 0 radical (unpaired) electrons. The van der Waals surface area contributed by atoms with Gasteiger partial charge in [-0.25, -0.2) is 9.69 Å². The molecule has 2 N–H and O–H groups in total. The zero-order valence-electron chi connectivity index (χ0n) is 19.3. The van der Waals surface area contributed by atoms with Gasteiger partial charge in [-0.15, -0.1) is 0 Å². The van der Waals surface area contributed by atoms with Crippen LogP contribution in [0, 0.1) is 0 Å². The Morgan fingerprint density at radius 1 is 0.973 bits per heavy atom. The maximum absolute atomic E-state index is 13.2. The lowest BCUT2D eigenvalue weighted by Crippen LogP contribution is -2.54. The van der Waals surface area contributed by atoms with Crippen LogP contribution >= 0.6 is 31.9 Å². The zero-order valence-corrected chi connectivity index (χ0v) is 22.5. The summed E-state index contributed by atoms with van der Waals surface area (Å²) in [7, 11) is 1.55. The van der Waals surface area contributed by atoms with Gasteiger partial charge in [0.2, 0.25) is 0 Å². The van der Waals surface area contributed by atoms with Gasteiger partial charge in [0, 0.05) is 20.2 Å². The van der Waals surface area contributed by atoms with Gasteiger partial charge in [0.1, 0.15) is 17.1 Å².